The van der Waals surface area contributed by atoms with Crippen molar-refractivity contribution in [3.63, 3.8) is 0 Å². The third kappa shape index (κ3) is 2.08. The van der Waals surface area contributed by atoms with E-state index in [1.54, 1.807) is 6.08 Å². The lowest BCUT2D eigenvalue weighted by Crippen LogP contribution is -2.08. The summed E-state index contributed by atoms with van der Waals surface area (Å²) in [6.07, 6.45) is 1.02. The summed E-state index contributed by atoms with van der Waals surface area (Å²) < 4.78 is 0. The molecule has 1 aliphatic rings. The monoisotopic (exact) mass is 245 g/mol. The number of aliphatic hydroxyl groups excluding tert-OH is 1. The Kier molecular flexibility index (Phi) is 3.08. The highest BCUT2D eigenvalue weighted by atomic mass is 16.6. The highest BCUT2D eigenvalue weighted by molar-refractivity contribution is 6.11. The maximum Gasteiger partial charge on any atom is 0.269 e. The minimum absolute atomic E-state index is 0.0536. The number of hydrogen-bond donors (Lipinski definition) is 1. The Hall–Kier alpha value is -2.27. The van der Waals surface area contributed by atoms with Gasteiger partial charge in [0.05, 0.1) is 4.92 Å². The minimum Gasteiger partial charge on any atom is -0.384 e. The van der Waals surface area contributed by atoms with Crippen molar-refractivity contribution < 1.29 is 14.8 Å². The number of nitrogens with zero attached hydrogens (tertiary/aromatic N) is 1. The van der Waals surface area contributed by atoms with Crippen LogP contribution in [0.5, 0.6) is 0 Å². The molecule has 1 N–H and O–H groups in total. The van der Waals surface area contributed by atoms with E-state index < -0.39 is 11.0 Å². The first-order valence-corrected chi connectivity index (χ1v) is 5.35. The average Bonchev–Trinajstić information content (AvgIpc) is 2.69. The van der Waals surface area contributed by atoms with E-state index in [2.05, 4.69) is 6.58 Å². The number of benzene rings is 1. The third-order valence-corrected chi connectivity index (χ3v) is 2.87. The molecule has 1 atom stereocenters. The van der Waals surface area contributed by atoms with Crippen LogP contribution in [-0.2, 0) is 4.79 Å². The lowest BCUT2D eigenvalue weighted by Gasteiger charge is -2.11. The summed E-state index contributed by atoms with van der Waals surface area (Å²) >= 11 is 0. The van der Waals surface area contributed by atoms with E-state index in [1.807, 2.05) is 0 Å². The summed E-state index contributed by atoms with van der Waals surface area (Å²) in [6.45, 7) is 3.60. The quantitative estimate of drug-likeness (QED) is 0.502. The molecule has 1 unspecified atom stereocenters. The number of nitro groups is 1. The van der Waals surface area contributed by atoms with Gasteiger partial charge in [0.15, 0.2) is 5.78 Å². The van der Waals surface area contributed by atoms with Crippen molar-refractivity contribution >= 4 is 11.5 Å². The summed E-state index contributed by atoms with van der Waals surface area (Å²) in [6, 6.07) is 5.48. The molecule has 0 heterocycles. The van der Waals surface area contributed by atoms with Gasteiger partial charge >= 0.3 is 0 Å². The molecule has 1 aliphatic carbocycles. The Morgan fingerprint density at radius 3 is 2.39 bits per heavy atom. The van der Waals surface area contributed by atoms with Crippen LogP contribution in [0.3, 0.4) is 0 Å². The Balaban J connectivity index is 2.24. The van der Waals surface area contributed by atoms with Crippen LogP contribution < -0.4 is 0 Å². The van der Waals surface area contributed by atoms with E-state index in [4.69, 9.17) is 0 Å². The Morgan fingerprint density at radius 1 is 1.33 bits per heavy atom. The predicted molar refractivity (Wildman–Crippen MR) is 64.9 cm³/mol. The van der Waals surface area contributed by atoms with Gasteiger partial charge in [0.1, 0.15) is 6.10 Å². The molecule has 1 aromatic carbocycles. The molecule has 0 fully saturated rings. The highest BCUT2D eigenvalue weighted by Crippen LogP contribution is 2.30. The largest absolute Gasteiger partial charge is 0.384 e. The van der Waals surface area contributed by atoms with E-state index in [9.17, 15) is 20.0 Å². The second-order valence-electron chi connectivity index (χ2n) is 4.05. The van der Waals surface area contributed by atoms with Crippen molar-refractivity contribution in [3.05, 3.63) is 63.7 Å². The molecule has 0 aliphatic heterocycles. The standard InChI is InChI=1S/C13H11NO4/c1-8-2-7-11(12(8)15)13(16)9-3-5-10(6-4-9)14(17)18/h3-7,13,16H,1-2H2. The number of hydrogen-bond acceptors (Lipinski definition) is 4. The summed E-state index contributed by atoms with van der Waals surface area (Å²) in [7, 11) is 0. The van der Waals surface area contributed by atoms with Crippen LogP contribution in [0.15, 0.2) is 48.1 Å². The Labute approximate surface area is 103 Å². The second-order valence-corrected chi connectivity index (χ2v) is 4.05. The Bertz CT molecular complexity index is 557. The van der Waals surface area contributed by atoms with E-state index >= 15 is 0 Å². The zero-order chi connectivity index (χ0) is 13.3. The number of carbonyl (C=O) groups is 1. The highest BCUT2D eigenvalue weighted by Gasteiger charge is 2.26. The minimum atomic E-state index is -1.06. The molecule has 0 radical (unpaired) electrons. The first-order chi connectivity index (χ1) is 8.50. The van der Waals surface area contributed by atoms with Crippen molar-refractivity contribution in [2.45, 2.75) is 12.5 Å². The van der Waals surface area contributed by atoms with Crippen molar-refractivity contribution in [3.8, 4) is 0 Å². The first kappa shape index (κ1) is 12.2. The molecule has 5 nitrogen and oxygen atoms in total. The van der Waals surface area contributed by atoms with Crippen molar-refractivity contribution in [2.75, 3.05) is 0 Å². The summed E-state index contributed by atoms with van der Waals surface area (Å²) in [5.74, 6) is -0.249. The van der Waals surface area contributed by atoms with Crippen molar-refractivity contribution in [1.82, 2.24) is 0 Å². The number of rotatable bonds is 3. The molecule has 0 bridgehead atoms. The molecule has 18 heavy (non-hydrogen) atoms. The molecule has 0 spiro atoms. The molecule has 2 rings (SSSR count). The fourth-order valence-electron chi connectivity index (χ4n) is 1.82. The van der Waals surface area contributed by atoms with Gasteiger partial charge in [-0.2, -0.15) is 0 Å². The van der Waals surface area contributed by atoms with Crippen LogP contribution in [0.1, 0.15) is 18.1 Å². The van der Waals surface area contributed by atoms with Crippen LogP contribution >= 0.6 is 0 Å². The maximum absolute atomic E-state index is 11.7. The van der Waals surface area contributed by atoms with Crippen molar-refractivity contribution in [2.24, 2.45) is 0 Å². The molecule has 0 saturated heterocycles. The van der Waals surface area contributed by atoms with Gasteiger partial charge in [-0.05, 0) is 29.7 Å². The average molecular weight is 245 g/mol. The molecular weight excluding hydrogens is 234 g/mol. The van der Waals surface area contributed by atoms with E-state index in [1.165, 1.54) is 24.3 Å². The number of aliphatic hydroxyl groups is 1. The molecule has 5 heteroatoms. The fourth-order valence-corrected chi connectivity index (χ4v) is 1.82. The SMILES string of the molecule is C=C1CC=C(C(O)c2ccc([N+](=O)[O-])cc2)C1=O. The summed E-state index contributed by atoms with van der Waals surface area (Å²) in [5.41, 5.74) is 1.14. The molecule has 1 aromatic rings. The summed E-state index contributed by atoms with van der Waals surface area (Å²) in [5, 5.41) is 20.5. The third-order valence-electron chi connectivity index (χ3n) is 2.87. The lowest BCUT2D eigenvalue weighted by atomic mass is 9.99. The van der Waals surface area contributed by atoms with Gasteiger partial charge in [0.2, 0.25) is 0 Å². The molecule has 0 aromatic heterocycles. The van der Waals surface area contributed by atoms with Crippen LogP contribution in [0.4, 0.5) is 5.69 Å². The molecule has 0 amide bonds. The smallest absolute Gasteiger partial charge is 0.269 e. The lowest BCUT2D eigenvalue weighted by molar-refractivity contribution is -0.384. The van der Waals surface area contributed by atoms with Crippen LogP contribution in [0, 0.1) is 10.1 Å². The second kappa shape index (κ2) is 4.54. The van der Waals surface area contributed by atoms with Crippen LogP contribution in [-0.4, -0.2) is 15.8 Å². The first-order valence-electron chi connectivity index (χ1n) is 5.35. The maximum atomic E-state index is 11.7. The van der Waals surface area contributed by atoms with Gasteiger partial charge < -0.3 is 5.11 Å². The van der Waals surface area contributed by atoms with Gasteiger partial charge in [-0.3, -0.25) is 14.9 Å². The Morgan fingerprint density at radius 2 is 1.94 bits per heavy atom. The molecule has 92 valence electrons. The topological polar surface area (TPSA) is 80.4 Å². The molecule has 0 saturated carbocycles. The van der Waals surface area contributed by atoms with Crippen molar-refractivity contribution in [1.29, 1.82) is 0 Å². The van der Waals surface area contributed by atoms with E-state index in [0.717, 1.165) is 0 Å². The number of allylic oxidation sites excluding steroid dienone is 2. The molecular formula is C13H11NO4. The van der Waals surface area contributed by atoms with Gasteiger partial charge in [-0.15, -0.1) is 0 Å². The zero-order valence-corrected chi connectivity index (χ0v) is 9.50. The zero-order valence-electron chi connectivity index (χ0n) is 9.50. The van der Waals surface area contributed by atoms with Gasteiger partial charge in [-0.1, -0.05) is 12.7 Å². The van der Waals surface area contributed by atoms with E-state index in [0.29, 0.717) is 17.6 Å². The normalized spacial score (nSPS) is 16.6. The number of Topliss-reactive ketones (excluding diaryl/α,β-unsaturated/α-hetero) is 1. The van der Waals surface area contributed by atoms with Crippen LogP contribution in [0.25, 0.3) is 0 Å². The van der Waals surface area contributed by atoms with Gasteiger partial charge in [0, 0.05) is 17.7 Å². The fraction of sp³-hybridized carbons (Fsp3) is 0.154. The van der Waals surface area contributed by atoms with Crippen LogP contribution in [0.2, 0.25) is 0 Å². The summed E-state index contributed by atoms with van der Waals surface area (Å²) in [4.78, 5) is 21.6. The van der Waals surface area contributed by atoms with Gasteiger partial charge in [-0.25, -0.2) is 0 Å². The number of carbonyl (C=O) groups excluding carboxylic acids is 1. The number of ketones is 1. The van der Waals surface area contributed by atoms with E-state index in [-0.39, 0.29) is 17.0 Å². The predicted octanol–water partition coefficient (Wildman–Crippen LogP) is 2.08. The number of nitro benzene ring substituents is 1. The number of non-ortho nitro benzene ring substituents is 1. The van der Waals surface area contributed by atoms with Gasteiger partial charge in [0.25, 0.3) is 5.69 Å².